The summed E-state index contributed by atoms with van der Waals surface area (Å²) in [5, 5.41) is 2.77. The van der Waals surface area contributed by atoms with Gasteiger partial charge in [-0.2, -0.15) is 4.31 Å². The standard InChI is InChI=1S/C15H23BrN2O3S/c1-15(2,3)18(22(4,20)21)10-9-17-14(19)11-12-7-5-6-8-13(12)16/h5-8H,9-11H2,1-4H3,(H,17,19). The van der Waals surface area contributed by atoms with Crippen LogP contribution in [0.25, 0.3) is 0 Å². The van der Waals surface area contributed by atoms with Gasteiger partial charge in [-0.05, 0) is 32.4 Å². The van der Waals surface area contributed by atoms with Gasteiger partial charge >= 0.3 is 0 Å². The number of carbonyl (C=O) groups excluding carboxylic acids is 1. The number of amides is 1. The fourth-order valence-corrected chi connectivity index (χ4v) is 4.02. The average Bonchev–Trinajstić information content (AvgIpc) is 2.34. The number of hydrogen-bond donors (Lipinski definition) is 1. The van der Waals surface area contributed by atoms with Crippen molar-refractivity contribution in [3.63, 3.8) is 0 Å². The zero-order valence-electron chi connectivity index (χ0n) is 13.4. The zero-order chi connectivity index (χ0) is 17.0. The van der Waals surface area contributed by atoms with E-state index in [4.69, 9.17) is 0 Å². The van der Waals surface area contributed by atoms with Crippen molar-refractivity contribution >= 4 is 31.9 Å². The van der Waals surface area contributed by atoms with E-state index in [-0.39, 0.29) is 25.4 Å². The van der Waals surface area contributed by atoms with E-state index in [9.17, 15) is 13.2 Å². The molecule has 22 heavy (non-hydrogen) atoms. The Labute approximate surface area is 141 Å². The quantitative estimate of drug-likeness (QED) is 0.808. The summed E-state index contributed by atoms with van der Waals surface area (Å²) in [6.45, 7) is 6.03. The lowest BCUT2D eigenvalue weighted by molar-refractivity contribution is -0.120. The van der Waals surface area contributed by atoms with Gasteiger partial charge in [-0.3, -0.25) is 4.79 Å². The minimum absolute atomic E-state index is 0.130. The Morgan fingerprint density at radius 2 is 1.86 bits per heavy atom. The summed E-state index contributed by atoms with van der Waals surface area (Å²) in [5.41, 5.74) is 0.386. The molecule has 0 aliphatic heterocycles. The molecule has 0 aliphatic rings. The van der Waals surface area contributed by atoms with E-state index < -0.39 is 15.6 Å². The lowest BCUT2D eigenvalue weighted by Crippen LogP contribution is -2.48. The predicted octanol–water partition coefficient (Wildman–Crippen LogP) is 2.17. The SMILES string of the molecule is CC(C)(C)N(CCNC(=O)Cc1ccccc1Br)S(C)(=O)=O. The van der Waals surface area contributed by atoms with Gasteiger partial charge in [0.1, 0.15) is 0 Å². The maximum absolute atomic E-state index is 11.9. The number of sulfonamides is 1. The molecule has 0 atom stereocenters. The summed E-state index contributed by atoms with van der Waals surface area (Å²) < 4.78 is 25.9. The fraction of sp³-hybridized carbons (Fsp3) is 0.533. The molecule has 0 spiro atoms. The van der Waals surface area contributed by atoms with Crippen molar-refractivity contribution in [1.82, 2.24) is 9.62 Å². The highest BCUT2D eigenvalue weighted by Gasteiger charge is 2.28. The molecular weight excluding hydrogens is 368 g/mol. The first kappa shape index (κ1) is 19.1. The molecule has 1 aromatic rings. The summed E-state index contributed by atoms with van der Waals surface area (Å²) in [4.78, 5) is 11.9. The first-order valence-corrected chi connectivity index (χ1v) is 9.64. The number of benzene rings is 1. The Bertz CT molecular complexity index is 624. The molecule has 7 heteroatoms. The second-order valence-electron chi connectivity index (χ2n) is 6.12. The van der Waals surface area contributed by atoms with Gasteiger partial charge in [0.05, 0.1) is 12.7 Å². The zero-order valence-corrected chi connectivity index (χ0v) is 15.8. The Hall–Kier alpha value is -0.920. The molecule has 5 nitrogen and oxygen atoms in total. The molecule has 0 aliphatic carbocycles. The van der Waals surface area contributed by atoms with Crippen LogP contribution < -0.4 is 5.32 Å². The monoisotopic (exact) mass is 390 g/mol. The van der Waals surface area contributed by atoms with Crippen LogP contribution in [0.2, 0.25) is 0 Å². The van der Waals surface area contributed by atoms with Crippen LogP contribution in [-0.2, 0) is 21.2 Å². The highest BCUT2D eigenvalue weighted by Crippen LogP contribution is 2.17. The average molecular weight is 391 g/mol. The molecule has 0 saturated carbocycles. The minimum Gasteiger partial charge on any atom is -0.354 e. The van der Waals surface area contributed by atoms with Crippen molar-refractivity contribution in [3.8, 4) is 0 Å². The van der Waals surface area contributed by atoms with Crippen LogP contribution in [0.15, 0.2) is 28.7 Å². The van der Waals surface area contributed by atoms with E-state index in [0.29, 0.717) is 0 Å². The normalized spacial score (nSPS) is 12.5. The van der Waals surface area contributed by atoms with Gasteiger partial charge < -0.3 is 5.32 Å². The lowest BCUT2D eigenvalue weighted by Gasteiger charge is -2.33. The number of nitrogens with one attached hydrogen (secondary N) is 1. The Morgan fingerprint density at radius 3 is 2.36 bits per heavy atom. The van der Waals surface area contributed by atoms with Crippen molar-refractivity contribution in [3.05, 3.63) is 34.3 Å². The third kappa shape index (κ3) is 6.06. The summed E-state index contributed by atoms with van der Waals surface area (Å²) in [5.74, 6) is -0.130. The molecule has 0 aromatic heterocycles. The van der Waals surface area contributed by atoms with Gasteiger partial charge in [0.15, 0.2) is 0 Å². The van der Waals surface area contributed by atoms with Gasteiger partial charge in [0.2, 0.25) is 15.9 Å². The van der Waals surface area contributed by atoms with Crippen LogP contribution >= 0.6 is 15.9 Å². The largest absolute Gasteiger partial charge is 0.354 e. The summed E-state index contributed by atoms with van der Waals surface area (Å²) in [6.07, 6.45) is 1.44. The summed E-state index contributed by atoms with van der Waals surface area (Å²) >= 11 is 3.40. The van der Waals surface area contributed by atoms with E-state index in [1.807, 2.05) is 45.0 Å². The highest BCUT2D eigenvalue weighted by molar-refractivity contribution is 9.10. The minimum atomic E-state index is -3.31. The van der Waals surface area contributed by atoms with Gasteiger partial charge in [0, 0.05) is 23.1 Å². The van der Waals surface area contributed by atoms with Crippen LogP contribution in [0.3, 0.4) is 0 Å². The Morgan fingerprint density at radius 1 is 1.27 bits per heavy atom. The van der Waals surface area contributed by atoms with Crippen LogP contribution in [0.1, 0.15) is 26.3 Å². The number of rotatable bonds is 6. The van der Waals surface area contributed by atoms with E-state index in [1.165, 1.54) is 10.6 Å². The van der Waals surface area contributed by atoms with Crippen LogP contribution in [0.5, 0.6) is 0 Å². The number of halogens is 1. The van der Waals surface area contributed by atoms with Gasteiger partial charge in [-0.15, -0.1) is 0 Å². The van der Waals surface area contributed by atoms with Gasteiger partial charge in [0.25, 0.3) is 0 Å². The van der Waals surface area contributed by atoms with Gasteiger partial charge in [-0.1, -0.05) is 34.1 Å². The lowest BCUT2D eigenvalue weighted by atomic mass is 10.1. The van der Waals surface area contributed by atoms with Crippen molar-refractivity contribution in [1.29, 1.82) is 0 Å². The molecule has 1 amide bonds. The van der Waals surface area contributed by atoms with Crippen LogP contribution in [-0.4, -0.2) is 43.5 Å². The number of hydrogen-bond acceptors (Lipinski definition) is 3. The molecule has 0 heterocycles. The maximum atomic E-state index is 11.9. The van der Waals surface area contributed by atoms with E-state index in [1.54, 1.807) is 0 Å². The van der Waals surface area contributed by atoms with Crippen molar-refractivity contribution in [2.75, 3.05) is 19.3 Å². The second kappa shape index (κ2) is 7.57. The topological polar surface area (TPSA) is 66.5 Å². The van der Waals surface area contributed by atoms with Crippen LogP contribution in [0, 0.1) is 0 Å². The summed E-state index contributed by atoms with van der Waals surface area (Å²) in [6, 6.07) is 7.52. The van der Waals surface area contributed by atoms with Crippen molar-refractivity contribution in [2.45, 2.75) is 32.7 Å². The molecule has 124 valence electrons. The summed E-state index contributed by atoms with van der Waals surface area (Å²) in [7, 11) is -3.31. The molecule has 0 radical (unpaired) electrons. The molecular formula is C15H23BrN2O3S. The second-order valence-corrected chi connectivity index (χ2v) is 8.89. The third-order valence-corrected chi connectivity index (χ3v) is 5.40. The van der Waals surface area contributed by atoms with Crippen molar-refractivity contribution in [2.24, 2.45) is 0 Å². The van der Waals surface area contributed by atoms with Crippen molar-refractivity contribution < 1.29 is 13.2 Å². The molecule has 1 rings (SSSR count). The number of carbonyl (C=O) groups is 1. The molecule has 1 aromatic carbocycles. The Balaban J connectivity index is 2.56. The molecule has 0 unspecified atom stereocenters. The van der Waals surface area contributed by atoms with E-state index >= 15 is 0 Å². The first-order valence-electron chi connectivity index (χ1n) is 7.00. The van der Waals surface area contributed by atoms with Gasteiger partial charge in [-0.25, -0.2) is 8.42 Å². The van der Waals surface area contributed by atoms with E-state index in [2.05, 4.69) is 21.2 Å². The van der Waals surface area contributed by atoms with E-state index in [0.717, 1.165) is 10.0 Å². The molecule has 0 saturated heterocycles. The molecule has 1 N–H and O–H groups in total. The fourth-order valence-electron chi connectivity index (χ4n) is 2.17. The third-order valence-electron chi connectivity index (χ3n) is 3.09. The number of nitrogens with zero attached hydrogens (tertiary/aromatic N) is 1. The molecule has 0 fully saturated rings. The first-order chi connectivity index (χ1) is 10.0. The highest BCUT2D eigenvalue weighted by atomic mass is 79.9. The Kier molecular flexibility index (Phi) is 6.58. The smallest absolute Gasteiger partial charge is 0.224 e. The maximum Gasteiger partial charge on any atom is 0.224 e. The molecule has 0 bridgehead atoms. The van der Waals surface area contributed by atoms with Crippen LogP contribution in [0.4, 0.5) is 0 Å². The predicted molar refractivity (Wildman–Crippen MR) is 92.2 cm³/mol.